The molecule has 1 N–H and O–H groups in total. The number of nitrogens with one attached hydrogen (secondary N) is 1. The van der Waals surface area contributed by atoms with E-state index in [0.717, 1.165) is 10.7 Å². The number of benzene rings is 1. The van der Waals surface area contributed by atoms with Gasteiger partial charge in [-0.2, -0.15) is 0 Å². The van der Waals surface area contributed by atoms with Gasteiger partial charge in [0.25, 0.3) is 0 Å². The molecule has 0 unspecified atom stereocenters. The van der Waals surface area contributed by atoms with E-state index >= 15 is 0 Å². The number of thioether (sulfide) groups is 1. The molecule has 0 bridgehead atoms. The Morgan fingerprint density at radius 3 is 2.70 bits per heavy atom. The summed E-state index contributed by atoms with van der Waals surface area (Å²) < 4.78 is 7.23. The Labute approximate surface area is 141 Å². The number of aromatic nitrogens is 2. The van der Waals surface area contributed by atoms with Crippen molar-refractivity contribution in [3.05, 3.63) is 36.2 Å². The van der Waals surface area contributed by atoms with E-state index < -0.39 is 0 Å². The number of anilines is 1. The van der Waals surface area contributed by atoms with Crippen LogP contribution in [0.25, 0.3) is 0 Å². The molecule has 0 fully saturated rings. The standard InChI is InChI=1S/C17H23N3O2S/c1-17(2,3)12-6-7-14(22-5)13(10-12)19-15(21)11-23-16-18-8-9-20(16)4/h6-10H,11H2,1-5H3,(H,19,21). The monoisotopic (exact) mass is 333 g/mol. The van der Waals surface area contributed by atoms with Gasteiger partial charge in [0.05, 0.1) is 18.6 Å². The second-order valence-corrected chi connectivity index (χ2v) is 7.27. The average molecular weight is 333 g/mol. The highest BCUT2D eigenvalue weighted by atomic mass is 32.2. The van der Waals surface area contributed by atoms with Crippen LogP contribution in [0.15, 0.2) is 35.7 Å². The van der Waals surface area contributed by atoms with E-state index in [-0.39, 0.29) is 11.3 Å². The number of hydrogen-bond acceptors (Lipinski definition) is 4. The summed E-state index contributed by atoms with van der Waals surface area (Å²) in [5.41, 5.74) is 1.85. The minimum atomic E-state index is -0.0811. The third-order valence-corrected chi connectivity index (χ3v) is 4.51. The fourth-order valence-corrected chi connectivity index (χ4v) is 2.81. The molecule has 5 nitrogen and oxygen atoms in total. The number of carbonyl (C=O) groups is 1. The van der Waals surface area contributed by atoms with Crippen LogP contribution < -0.4 is 10.1 Å². The van der Waals surface area contributed by atoms with Gasteiger partial charge in [0.2, 0.25) is 5.91 Å². The lowest BCUT2D eigenvalue weighted by atomic mass is 9.87. The summed E-state index contributed by atoms with van der Waals surface area (Å²) in [5.74, 6) is 0.879. The molecule has 0 atom stereocenters. The number of methoxy groups -OCH3 is 1. The smallest absolute Gasteiger partial charge is 0.234 e. The second kappa shape index (κ2) is 7.08. The van der Waals surface area contributed by atoms with E-state index in [1.807, 2.05) is 36.0 Å². The van der Waals surface area contributed by atoms with Crippen LogP contribution in [-0.2, 0) is 17.3 Å². The van der Waals surface area contributed by atoms with Gasteiger partial charge in [0.1, 0.15) is 5.75 Å². The SMILES string of the molecule is COc1ccc(C(C)(C)C)cc1NC(=O)CSc1nccn1C. The van der Waals surface area contributed by atoms with Crippen molar-refractivity contribution in [2.75, 3.05) is 18.2 Å². The Morgan fingerprint density at radius 2 is 2.13 bits per heavy atom. The van der Waals surface area contributed by atoms with Crippen molar-refractivity contribution < 1.29 is 9.53 Å². The summed E-state index contributed by atoms with van der Waals surface area (Å²) in [6.07, 6.45) is 3.58. The van der Waals surface area contributed by atoms with Gasteiger partial charge in [0.15, 0.2) is 5.16 Å². The summed E-state index contributed by atoms with van der Waals surface area (Å²) >= 11 is 1.40. The average Bonchev–Trinajstić information content (AvgIpc) is 2.89. The molecule has 0 aliphatic rings. The highest BCUT2D eigenvalue weighted by Gasteiger charge is 2.17. The maximum atomic E-state index is 12.2. The van der Waals surface area contributed by atoms with Crippen LogP contribution >= 0.6 is 11.8 Å². The zero-order chi connectivity index (χ0) is 17.0. The van der Waals surface area contributed by atoms with Gasteiger partial charge in [-0.3, -0.25) is 4.79 Å². The quantitative estimate of drug-likeness (QED) is 0.852. The summed E-state index contributed by atoms with van der Waals surface area (Å²) in [5, 5.41) is 3.75. The van der Waals surface area contributed by atoms with E-state index in [4.69, 9.17) is 4.74 Å². The lowest BCUT2D eigenvalue weighted by Crippen LogP contribution is -2.17. The molecule has 0 radical (unpaired) electrons. The Hall–Kier alpha value is -1.95. The van der Waals surface area contributed by atoms with Crippen LogP contribution in [0.4, 0.5) is 5.69 Å². The van der Waals surface area contributed by atoms with Crippen LogP contribution in [0.1, 0.15) is 26.3 Å². The second-order valence-electron chi connectivity index (χ2n) is 6.32. The van der Waals surface area contributed by atoms with Gasteiger partial charge >= 0.3 is 0 Å². The third kappa shape index (κ3) is 4.51. The van der Waals surface area contributed by atoms with Crippen LogP contribution in [0.3, 0.4) is 0 Å². The van der Waals surface area contributed by atoms with Crippen molar-refractivity contribution in [1.29, 1.82) is 0 Å². The molecule has 124 valence electrons. The maximum absolute atomic E-state index is 12.2. The van der Waals surface area contributed by atoms with Crippen molar-refractivity contribution in [3.8, 4) is 5.75 Å². The first kappa shape index (κ1) is 17.4. The van der Waals surface area contributed by atoms with Crippen molar-refractivity contribution >= 4 is 23.4 Å². The van der Waals surface area contributed by atoms with Crippen LogP contribution in [0.5, 0.6) is 5.75 Å². The number of hydrogen-bond donors (Lipinski definition) is 1. The van der Waals surface area contributed by atoms with Crippen LogP contribution in [0, 0.1) is 0 Å². The van der Waals surface area contributed by atoms with Gasteiger partial charge in [-0.25, -0.2) is 4.98 Å². The summed E-state index contributed by atoms with van der Waals surface area (Å²) in [4.78, 5) is 16.4. The van der Waals surface area contributed by atoms with Crippen molar-refractivity contribution in [2.24, 2.45) is 7.05 Å². The van der Waals surface area contributed by atoms with Gasteiger partial charge in [-0.05, 0) is 23.1 Å². The van der Waals surface area contributed by atoms with E-state index in [1.165, 1.54) is 11.8 Å². The van der Waals surface area contributed by atoms with Crippen LogP contribution in [0.2, 0.25) is 0 Å². The number of ether oxygens (including phenoxy) is 1. The Bertz CT molecular complexity index is 689. The molecule has 0 spiro atoms. The molecule has 0 aliphatic carbocycles. The molecule has 1 heterocycles. The molecule has 1 amide bonds. The van der Waals surface area contributed by atoms with Gasteiger partial charge in [-0.1, -0.05) is 38.6 Å². The largest absolute Gasteiger partial charge is 0.495 e. The molecule has 0 aliphatic heterocycles. The normalized spacial score (nSPS) is 11.3. The molecule has 2 rings (SSSR count). The topological polar surface area (TPSA) is 56.1 Å². The maximum Gasteiger partial charge on any atom is 0.234 e. The molecular formula is C17H23N3O2S. The molecular weight excluding hydrogens is 310 g/mol. The van der Waals surface area contributed by atoms with Gasteiger partial charge < -0.3 is 14.6 Å². The highest BCUT2D eigenvalue weighted by Crippen LogP contribution is 2.31. The molecule has 6 heteroatoms. The number of carbonyl (C=O) groups excluding carboxylic acids is 1. The first-order chi connectivity index (χ1) is 10.8. The predicted octanol–water partition coefficient (Wildman–Crippen LogP) is 3.46. The first-order valence-electron chi connectivity index (χ1n) is 7.40. The number of aryl methyl sites for hydroxylation is 1. The number of nitrogens with zero attached hydrogens (tertiary/aromatic N) is 2. The van der Waals surface area contributed by atoms with E-state index in [9.17, 15) is 4.79 Å². The van der Waals surface area contributed by atoms with Gasteiger partial charge in [0, 0.05) is 19.4 Å². The zero-order valence-electron chi connectivity index (χ0n) is 14.2. The number of imidazole rings is 1. The summed E-state index contributed by atoms with van der Waals surface area (Å²) in [7, 11) is 3.51. The summed E-state index contributed by atoms with van der Waals surface area (Å²) in [6, 6.07) is 5.89. The first-order valence-corrected chi connectivity index (χ1v) is 8.38. The van der Waals surface area contributed by atoms with Crippen LogP contribution in [-0.4, -0.2) is 28.3 Å². The Kier molecular flexibility index (Phi) is 5.36. The molecule has 1 aromatic carbocycles. The number of amides is 1. The van der Waals surface area contributed by atoms with E-state index in [0.29, 0.717) is 17.2 Å². The van der Waals surface area contributed by atoms with Crippen molar-refractivity contribution in [3.63, 3.8) is 0 Å². The number of rotatable bonds is 5. The molecule has 0 saturated heterocycles. The summed E-state index contributed by atoms with van der Waals surface area (Å²) in [6.45, 7) is 6.41. The Morgan fingerprint density at radius 1 is 1.39 bits per heavy atom. The van der Waals surface area contributed by atoms with Crippen molar-refractivity contribution in [2.45, 2.75) is 31.3 Å². The fraction of sp³-hybridized carbons (Fsp3) is 0.412. The third-order valence-electron chi connectivity index (χ3n) is 3.45. The molecule has 23 heavy (non-hydrogen) atoms. The predicted molar refractivity (Wildman–Crippen MR) is 94.3 cm³/mol. The minimum absolute atomic E-state index is 0.00740. The molecule has 2 aromatic rings. The zero-order valence-corrected chi connectivity index (χ0v) is 15.0. The Balaban J connectivity index is 2.08. The van der Waals surface area contributed by atoms with Crippen molar-refractivity contribution in [1.82, 2.24) is 9.55 Å². The van der Waals surface area contributed by atoms with E-state index in [2.05, 4.69) is 31.1 Å². The highest BCUT2D eigenvalue weighted by molar-refractivity contribution is 7.99. The molecule has 0 saturated carbocycles. The lowest BCUT2D eigenvalue weighted by molar-refractivity contribution is -0.113. The van der Waals surface area contributed by atoms with E-state index in [1.54, 1.807) is 13.3 Å². The van der Waals surface area contributed by atoms with Gasteiger partial charge in [-0.15, -0.1) is 0 Å². The lowest BCUT2D eigenvalue weighted by Gasteiger charge is -2.21. The minimum Gasteiger partial charge on any atom is -0.495 e. The molecule has 1 aromatic heterocycles. The fourth-order valence-electron chi connectivity index (χ4n) is 2.08.